The number of aromatic nitrogens is 4. The Hall–Kier alpha value is -1.19. The first-order valence-corrected chi connectivity index (χ1v) is 3.89. The van der Waals surface area contributed by atoms with Gasteiger partial charge < -0.3 is 0 Å². The maximum Gasteiger partial charge on any atom is 0.162 e. The Morgan fingerprint density at radius 1 is 1.36 bits per heavy atom. The summed E-state index contributed by atoms with van der Waals surface area (Å²) in [7, 11) is 0. The topological polar surface area (TPSA) is 43.6 Å². The van der Waals surface area contributed by atoms with E-state index in [1.807, 2.05) is 0 Å². The van der Waals surface area contributed by atoms with E-state index < -0.39 is 0 Å². The van der Waals surface area contributed by atoms with Gasteiger partial charge in [0.2, 0.25) is 0 Å². The van der Waals surface area contributed by atoms with Gasteiger partial charge in [-0.2, -0.15) is 0 Å². The van der Waals surface area contributed by atoms with Gasteiger partial charge in [-0.15, -0.1) is 15.0 Å². The molecule has 1 aliphatic rings. The van der Waals surface area contributed by atoms with Crippen molar-refractivity contribution in [3.8, 4) is 0 Å². The number of rotatable bonds is 1. The third-order valence-electron chi connectivity index (χ3n) is 1.87. The Labute approximate surface area is 64.9 Å². The lowest BCUT2D eigenvalue weighted by Gasteiger charge is -2.09. The number of hydrogen-bond acceptors (Lipinski definition) is 3. The van der Waals surface area contributed by atoms with Crippen molar-refractivity contribution >= 4 is 5.70 Å². The van der Waals surface area contributed by atoms with E-state index in [1.54, 1.807) is 4.80 Å². The maximum absolute atomic E-state index is 3.97. The Balaban J connectivity index is 2.22. The Bertz CT molecular complexity index is 249. The van der Waals surface area contributed by atoms with E-state index in [4.69, 9.17) is 0 Å². The van der Waals surface area contributed by atoms with Gasteiger partial charge in [0.1, 0.15) is 0 Å². The summed E-state index contributed by atoms with van der Waals surface area (Å²) in [5.41, 5.74) is 1.19. The van der Waals surface area contributed by atoms with Gasteiger partial charge in [0.25, 0.3) is 0 Å². The number of nitrogens with zero attached hydrogens (tertiary/aromatic N) is 4. The molecular weight excluding hydrogens is 140 g/mol. The van der Waals surface area contributed by atoms with Gasteiger partial charge in [-0.05, 0) is 30.9 Å². The van der Waals surface area contributed by atoms with Crippen LogP contribution in [0.5, 0.6) is 0 Å². The van der Waals surface area contributed by atoms with E-state index in [-0.39, 0.29) is 0 Å². The average Bonchev–Trinajstić information content (AvgIpc) is 2.58. The Morgan fingerprint density at radius 3 is 3.00 bits per heavy atom. The first-order chi connectivity index (χ1) is 5.47. The number of allylic oxidation sites excluding steroid dienone is 2. The van der Waals surface area contributed by atoms with Crippen LogP contribution in [0, 0.1) is 0 Å². The highest BCUT2D eigenvalue weighted by Gasteiger charge is 2.06. The van der Waals surface area contributed by atoms with Gasteiger partial charge in [0.15, 0.2) is 6.33 Å². The molecule has 0 saturated heterocycles. The smallest absolute Gasteiger partial charge is 0.136 e. The van der Waals surface area contributed by atoms with E-state index in [9.17, 15) is 0 Å². The van der Waals surface area contributed by atoms with E-state index in [0.29, 0.717) is 0 Å². The molecule has 0 spiro atoms. The third-order valence-corrected chi connectivity index (χ3v) is 1.87. The molecule has 1 aromatic heterocycles. The molecule has 11 heavy (non-hydrogen) atoms. The monoisotopic (exact) mass is 150 g/mol. The quantitative estimate of drug-likeness (QED) is 0.601. The van der Waals surface area contributed by atoms with Crippen molar-refractivity contribution in [3.05, 3.63) is 12.4 Å². The molecule has 0 amide bonds. The van der Waals surface area contributed by atoms with Crippen LogP contribution in [-0.2, 0) is 0 Å². The summed E-state index contributed by atoms with van der Waals surface area (Å²) in [5, 5.41) is 11.5. The highest BCUT2D eigenvalue weighted by Crippen LogP contribution is 2.18. The molecule has 4 nitrogen and oxygen atoms in total. The van der Waals surface area contributed by atoms with Crippen molar-refractivity contribution in [3.63, 3.8) is 0 Å². The molecule has 1 aliphatic carbocycles. The average molecular weight is 150 g/mol. The molecule has 0 N–H and O–H groups in total. The van der Waals surface area contributed by atoms with E-state index in [1.165, 1.54) is 24.9 Å². The summed E-state index contributed by atoms with van der Waals surface area (Å²) in [6, 6.07) is 0. The SMILES string of the molecule is C1=C(n2ncnn2)CCCC1. The minimum absolute atomic E-state index is 1.08. The summed E-state index contributed by atoms with van der Waals surface area (Å²) in [6.07, 6.45) is 8.42. The maximum atomic E-state index is 3.97. The standard InChI is InChI=1S/C7H10N4/c1-2-4-7(5-3-1)11-9-6-8-10-11/h4,6H,1-3,5H2. The van der Waals surface area contributed by atoms with Crippen LogP contribution in [0.4, 0.5) is 0 Å². The van der Waals surface area contributed by atoms with Gasteiger partial charge in [0.05, 0.1) is 5.70 Å². The fourth-order valence-corrected chi connectivity index (χ4v) is 1.30. The summed E-state index contributed by atoms with van der Waals surface area (Å²) in [4.78, 5) is 1.61. The second-order valence-electron chi connectivity index (χ2n) is 2.67. The van der Waals surface area contributed by atoms with Gasteiger partial charge in [-0.1, -0.05) is 6.08 Å². The third kappa shape index (κ3) is 1.29. The Kier molecular flexibility index (Phi) is 1.67. The molecule has 0 aromatic carbocycles. The molecule has 58 valence electrons. The predicted octanol–water partition coefficient (Wildman–Crippen LogP) is 1.09. The molecule has 2 rings (SSSR count). The van der Waals surface area contributed by atoms with E-state index >= 15 is 0 Å². The molecule has 0 fully saturated rings. The lowest BCUT2D eigenvalue weighted by Crippen LogP contribution is -2.04. The minimum atomic E-state index is 1.08. The lowest BCUT2D eigenvalue weighted by molar-refractivity contribution is 0.650. The van der Waals surface area contributed by atoms with Crippen LogP contribution in [0.2, 0.25) is 0 Å². The van der Waals surface area contributed by atoms with Crippen molar-refractivity contribution in [2.45, 2.75) is 25.7 Å². The molecule has 0 saturated carbocycles. The molecule has 0 aliphatic heterocycles. The molecule has 0 bridgehead atoms. The zero-order valence-electron chi connectivity index (χ0n) is 6.27. The normalized spacial score (nSPS) is 18.0. The first-order valence-electron chi connectivity index (χ1n) is 3.89. The minimum Gasteiger partial charge on any atom is -0.136 e. The fraction of sp³-hybridized carbons (Fsp3) is 0.571. The summed E-state index contributed by atoms with van der Waals surface area (Å²) in [6.45, 7) is 0. The van der Waals surface area contributed by atoms with E-state index in [2.05, 4.69) is 21.5 Å². The highest BCUT2D eigenvalue weighted by atomic mass is 15.6. The zero-order valence-corrected chi connectivity index (χ0v) is 6.27. The van der Waals surface area contributed by atoms with Crippen LogP contribution in [0.15, 0.2) is 12.4 Å². The predicted molar refractivity (Wildman–Crippen MR) is 40.6 cm³/mol. The first kappa shape index (κ1) is 6.52. The second-order valence-corrected chi connectivity index (χ2v) is 2.67. The lowest BCUT2D eigenvalue weighted by atomic mass is 10.1. The van der Waals surface area contributed by atoms with Crippen molar-refractivity contribution in [2.75, 3.05) is 0 Å². The molecule has 1 heterocycles. The van der Waals surface area contributed by atoms with Crippen LogP contribution in [-0.4, -0.2) is 20.2 Å². The van der Waals surface area contributed by atoms with Crippen LogP contribution in [0.3, 0.4) is 0 Å². The van der Waals surface area contributed by atoms with Gasteiger partial charge >= 0.3 is 0 Å². The summed E-state index contributed by atoms with van der Waals surface area (Å²) in [5.74, 6) is 0. The van der Waals surface area contributed by atoms with Crippen molar-refractivity contribution in [1.82, 2.24) is 20.2 Å². The second kappa shape index (κ2) is 2.82. The van der Waals surface area contributed by atoms with Crippen LogP contribution < -0.4 is 0 Å². The Morgan fingerprint density at radius 2 is 2.36 bits per heavy atom. The zero-order chi connectivity index (χ0) is 7.52. The summed E-state index contributed by atoms with van der Waals surface area (Å²) >= 11 is 0. The highest BCUT2D eigenvalue weighted by molar-refractivity contribution is 5.42. The number of hydrogen-bond donors (Lipinski definition) is 0. The van der Waals surface area contributed by atoms with Crippen LogP contribution in [0.1, 0.15) is 25.7 Å². The van der Waals surface area contributed by atoms with E-state index in [0.717, 1.165) is 12.8 Å². The molecular formula is C7H10N4. The van der Waals surface area contributed by atoms with Gasteiger partial charge in [-0.25, -0.2) is 0 Å². The molecule has 4 heteroatoms. The van der Waals surface area contributed by atoms with Gasteiger partial charge in [0, 0.05) is 0 Å². The van der Waals surface area contributed by atoms with Crippen molar-refractivity contribution < 1.29 is 0 Å². The van der Waals surface area contributed by atoms with Crippen LogP contribution >= 0.6 is 0 Å². The summed E-state index contributed by atoms with van der Waals surface area (Å²) < 4.78 is 0. The van der Waals surface area contributed by atoms with Crippen LogP contribution in [0.25, 0.3) is 5.70 Å². The fourth-order valence-electron chi connectivity index (χ4n) is 1.30. The van der Waals surface area contributed by atoms with Crippen molar-refractivity contribution in [1.29, 1.82) is 0 Å². The molecule has 1 aromatic rings. The van der Waals surface area contributed by atoms with Crippen molar-refractivity contribution in [2.24, 2.45) is 0 Å². The van der Waals surface area contributed by atoms with Gasteiger partial charge in [-0.3, -0.25) is 0 Å². The molecule has 0 radical (unpaired) electrons. The molecule has 0 atom stereocenters. The molecule has 0 unspecified atom stereocenters. The number of tetrazole rings is 1. The largest absolute Gasteiger partial charge is 0.162 e.